The van der Waals surface area contributed by atoms with Crippen molar-refractivity contribution in [1.82, 2.24) is 15.0 Å². The molecule has 2 aliphatic heterocycles. The van der Waals surface area contributed by atoms with Gasteiger partial charge in [0.1, 0.15) is 24.8 Å². The molecule has 3 aromatic rings. The summed E-state index contributed by atoms with van der Waals surface area (Å²) in [6, 6.07) is 13.7. The maximum Gasteiger partial charge on any atom is 0.227 e. The number of piperazine rings is 1. The molecule has 1 aromatic carbocycles. The first-order chi connectivity index (χ1) is 14.3. The van der Waals surface area contributed by atoms with Gasteiger partial charge >= 0.3 is 0 Å². The van der Waals surface area contributed by atoms with Crippen LogP contribution in [0.4, 0.5) is 23.3 Å². The highest BCUT2D eigenvalue weighted by Crippen LogP contribution is 2.33. The Morgan fingerprint density at radius 2 is 1.62 bits per heavy atom. The van der Waals surface area contributed by atoms with Crippen LogP contribution in [0.15, 0.2) is 54.9 Å². The number of aromatic nitrogens is 3. The number of pyridine rings is 1. The molecule has 0 aliphatic carbocycles. The molecule has 0 atom stereocenters. The predicted molar refractivity (Wildman–Crippen MR) is 111 cm³/mol. The lowest BCUT2D eigenvalue weighted by molar-refractivity contribution is 0.171. The van der Waals surface area contributed by atoms with Gasteiger partial charge in [0, 0.05) is 50.3 Å². The largest absolute Gasteiger partial charge is 0.486 e. The summed E-state index contributed by atoms with van der Waals surface area (Å²) in [5.74, 6) is 4.02. The van der Waals surface area contributed by atoms with Crippen molar-refractivity contribution >= 4 is 23.3 Å². The van der Waals surface area contributed by atoms with Crippen molar-refractivity contribution in [2.24, 2.45) is 0 Å². The van der Waals surface area contributed by atoms with Gasteiger partial charge in [0.05, 0.1) is 0 Å². The summed E-state index contributed by atoms with van der Waals surface area (Å²) < 4.78 is 11.2. The summed E-state index contributed by atoms with van der Waals surface area (Å²) in [5.41, 5.74) is 0.902. The van der Waals surface area contributed by atoms with E-state index in [0.29, 0.717) is 13.2 Å². The molecule has 0 spiro atoms. The quantitative estimate of drug-likeness (QED) is 0.729. The molecule has 0 bridgehead atoms. The minimum atomic E-state index is 0.568. The SMILES string of the molecule is c1ccc(N2CCN(c3nccc(Nc4ccc5c(c4)OCCO5)n3)CC2)nc1. The summed E-state index contributed by atoms with van der Waals surface area (Å²) in [4.78, 5) is 18.1. The van der Waals surface area contributed by atoms with E-state index in [1.54, 1.807) is 6.20 Å². The molecule has 2 aliphatic rings. The topological polar surface area (TPSA) is 75.6 Å². The molecule has 0 radical (unpaired) electrons. The number of rotatable bonds is 4. The minimum absolute atomic E-state index is 0.568. The molecular weight excluding hydrogens is 368 g/mol. The zero-order chi connectivity index (χ0) is 19.5. The molecule has 148 valence electrons. The third-order valence-corrected chi connectivity index (χ3v) is 4.99. The first-order valence-electron chi connectivity index (χ1n) is 9.76. The van der Waals surface area contributed by atoms with Crippen LogP contribution >= 0.6 is 0 Å². The van der Waals surface area contributed by atoms with E-state index >= 15 is 0 Å². The molecule has 5 rings (SSSR count). The zero-order valence-corrected chi connectivity index (χ0v) is 16.0. The fourth-order valence-electron chi connectivity index (χ4n) is 3.52. The lowest BCUT2D eigenvalue weighted by Crippen LogP contribution is -2.47. The van der Waals surface area contributed by atoms with E-state index in [1.807, 2.05) is 48.7 Å². The van der Waals surface area contributed by atoms with Crippen molar-refractivity contribution in [1.29, 1.82) is 0 Å². The van der Waals surface area contributed by atoms with Gasteiger partial charge in [-0.1, -0.05) is 6.07 Å². The zero-order valence-electron chi connectivity index (χ0n) is 16.0. The van der Waals surface area contributed by atoms with E-state index < -0.39 is 0 Å². The van der Waals surface area contributed by atoms with Crippen molar-refractivity contribution in [2.45, 2.75) is 0 Å². The molecule has 1 saturated heterocycles. The average Bonchev–Trinajstić information content (AvgIpc) is 2.80. The van der Waals surface area contributed by atoms with Gasteiger partial charge in [-0.2, -0.15) is 4.98 Å². The van der Waals surface area contributed by atoms with Gasteiger partial charge < -0.3 is 24.6 Å². The highest BCUT2D eigenvalue weighted by molar-refractivity contribution is 5.62. The van der Waals surface area contributed by atoms with Crippen LogP contribution in [-0.4, -0.2) is 54.3 Å². The van der Waals surface area contributed by atoms with Gasteiger partial charge in [0.25, 0.3) is 0 Å². The predicted octanol–water partition coefficient (Wildman–Crippen LogP) is 2.71. The van der Waals surface area contributed by atoms with Gasteiger partial charge in [-0.25, -0.2) is 9.97 Å². The first kappa shape index (κ1) is 17.5. The van der Waals surface area contributed by atoms with Crippen LogP contribution < -0.4 is 24.6 Å². The van der Waals surface area contributed by atoms with E-state index in [0.717, 1.165) is 60.9 Å². The van der Waals surface area contributed by atoms with E-state index in [1.165, 1.54) is 0 Å². The molecule has 29 heavy (non-hydrogen) atoms. The normalized spacial score (nSPS) is 15.9. The highest BCUT2D eigenvalue weighted by Gasteiger charge is 2.20. The standard InChI is InChI=1S/C21H22N6O2/c1-2-7-22-20(3-1)26-9-11-27(12-10-26)21-23-8-6-19(25-21)24-16-4-5-17-18(15-16)29-14-13-28-17/h1-8,15H,9-14H2,(H,23,24,25). The Balaban J connectivity index is 1.26. The molecular formula is C21H22N6O2. The molecule has 8 nitrogen and oxygen atoms in total. The van der Waals surface area contributed by atoms with Crippen molar-refractivity contribution in [3.05, 3.63) is 54.9 Å². The van der Waals surface area contributed by atoms with E-state index in [-0.39, 0.29) is 0 Å². The number of hydrogen-bond donors (Lipinski definition) is 1. The van der Waals surface area contributed by atoms with Gasteiger partial charge in [-0.15, -0.1) is 0 Å². The molecule has 1 fully saturated rings. The number of hydrogen-bond acceptors (Lipinski definition) is 8. The Kier molecular flexibility index (Phi) is 4.73. The van der Waals surface area contributed by atoms with Crippen LogP contribution in [0.25, 0.3) is 0 Å². The second-order valence-corrected chi connectivity index (χ2v) is 6.89. The average molecular weight is 390 g/mol. The number of ether oxygens (including phenoxy) is 2. The van der Waals surface area contributed by atoms with Crippen LogP contribution in [0.1, 0.15) is 0 Å². The lowest BCUT2D eigenvalue weighted by Gasteiger charge is -2.35. The third-order valence-electron chi connectivity index (χ3n) is 4.99. The minimum Gasteiger partial charge on any atom is -0.486 e. The van der Waals surface area contributed by atoms with Gasteiger partial charge in [0.2, 0.25) is 5.95 Å². The van der Waals surface area contributed by atoms with Crippen molar-refractivity contribution in [3.63, 3.8) is 0 Å². The Morgan fingerprint density at radius 1 is 0.793 bits per heavy atom. The van der Waals surface area contributed by atoms with Crippen LogP contribution in [0, 0.1) is 0 Å². The van der Waals surface area contributed by atoms with Crippen molar-refractivity contribution in [2.75, 3.05) is 54.5 Å². The number of benzene rings is 1. The van der Waals surface area contributed by atoms with Gasteiger partial charge in [0.15, 0.2) is 11.5 Å². The summed E-state index contributed by atoms with van der Waals surface area (Å²) >= 11 is 0. The molecule has 8 heteroatoms. The van der Waals surface area contributed by atoms with Crippen LogP contribution in [0.2, 0.25) is 0 Å². The number of anilines is 4. The van der Waals surface area contributed by atoms with Crippen LogP contribution in [-0.2, 0) is 0 Å². The molecule has 0 amide bonds. The first-order valence-corrected chi connectivity index (χ1v) is 9.76. The summed E-state index contributed by atoms with van der Waals surface area (Å²) in [5, 5.41) is 3.33. The number of nitrogens with one attached hydrogen (secondary N) is 1. The maximum absolute atomic E-state index is 5.65. The Hall–Kier alpha value is -3.55. The summed E-state index contributed by atoms with van der Waals surface area (Å²) in [6.07, 6.45) is 3.62. The van der Waals surface area contributed by atoms with E-state index in [4.69, 9.17) is 14.5 Å². The molecule has 4 heterocycles. The summed E-state index contributed by atoms with van der Waals surface area (Å²) in [7, 11) is 0. The molecule has 0 saturated carbocycles. The Morgan fingerprint density at radius 3 is 2.45 bits per heavy atom. The second kappa shape index (κ2) is 7.83. The molecule has 1 N–H and O–H groups in total. The lowest BCUT2D eigenvalue weighted by atomic mass is 10.2. The fourth-order valence-corrected chi connectivity index (χ4v) is 3.52. The highest BCUT2D eigenvalue weighted by atomic mass is 16.6. The second-order valence-electron chi connectivity index (χ2n) is 6.89. The maximum atomic E-state index is 5.65. The van der Waals surface area contributed by atoms with Gasteiger partial charge in [-0.3, -0.25) is 0 Å². The van der Waals surface area contributed by atoms with Crippen LogP contribution in [0.3, 0.4) is 0 Å². The Labute approximate surface area is 169 Å². The summed E-state index contributed by atoms with van der Waals surface area (Å²) in [6.45, 7) is 4.63. The third kappa shape index (κ3) is 3.87. The van der Waals surface area contributed by atoms with Crippen molar-refractivity contribution < 1.29 is 9.47 Å². The van der Waals surface area contributed by atoms with Gasteiger partial charge in [-0.05, 0) is 30.3 Å². The molecule has 2 aromatic heterocycles. The Bertz CT molecular complexity index is 976. The van der Waals surface area contributed by atoms with E-state index in [9.17, 15) is 0 Å². The van der Waals surface area contributed by atoms with E-state index in [2.05, 4.69) is 25.1 Å². The van der Waals surface area contributed by atoms with Crippen LogP contribution in [0.5, 0.6) is 11.5 Å². The monoisotopic (exact) mass is 390 g/mol. The van der Waals surface area contributed by atoms with Crippen molar-refractivity contribution in [3.8, 4) is 11.5 Å². The smallest absolute Gasteiger partial charge is 0.227 e. The fraction of sp³-hybridized carbons (Fsp3) is 0.286. The number of fused-ring (bicyclic) bond motifs is 1. The number of nitrogens with zero attached hydrogens (tertiary/aromatic N) is 5. The molecule has 0 unspecified atom stereocenters.